The fourth-order valence-electron chi connectivity index (χ4n) is 3.36. The summed E-state index contributed by atoms with van der Waals surface area (Å²) in [6.45, 7) is 8.10. The molecule has 2 aliphatic heterocycles. The van der Waals surface area contributed by atoms with Gasteiger partial charge < -0.3 is 13.9 Å². The molecule has 3 rings (SSSR count). The van der Waals surface area contributed by atoms with E-state index in [4.69, 9.17) is 13.9 Å². The Morgan fingerprint density at radius 3 is 3.30 bits per heavy atom. The third-order valence-electron chi connectivity index (χ3n) is 4.23. The summed E-state index contributed by atoms with van der Waals surface area (Å²) >= 11 is 0. The molecule has 0 amide bonds. The highest BCUT2D eigenvalue weighted by Gasteiger charge is 2.43. The average molecular weight is 277 g/mol. The minimum Gasteiger partial charge on any atom is -0.472 e. The molecule has 20 heavy (non-hydrogen) atoms. The molecule has 2 saturated heterocycles. The van der Waals surface area contributed by atoms with E-state index in [9.17, 15) is 0 Å². The van der Waals surface area contributed by atoms with Crippen LogP contribution in [-0.4, -0.2) is 42.9 Å². The number of nitrogens with zero attached hydrogens (tertiary/aromatic N) is 1. The Kier molecular flexibility index (Phi) is 4.24. The van der Waals surface area contributed by atoms with Crippen LogP contribution in [0.3, 0.4) is 0 Å². The SMILES string of the molecule is C=CCO[C@@H]1CO[C@@]2(CCCN(Cc3ccoc3)C2)C1. The van der Waals surface area contributed by atoms with Crippen LogP contribution >= 0.6 is 0 Å². The van der Waals surface area contributed by atoms with E-state index in [2.05, 4.69) is 11.5 Å². The van der Waals surface area contributed by atoms with Crippen molar-refractivity contribution in [2.24, 2.45) is 0 Å². The first-order valence-corrected chi connectivity index (χ1v) is 7.40. The normalized spacial score (nSPS) is 30.9. The topological polar surface area (TPSA) is 34.8 Å². The number of piperidine rings is 1. The number of hydrogen-bond acceptors (Lipinski definition) is 4. The Balaban J connectivity index is 1.56. The summed E-state index contributed by atoms with van der Waals surface area (Å²) in [5, 5.41) is 0. The van der Waals surface area contributed by atoms with Crippen LogP contribution < -0.4 is 0 Å². The van der Waals surface area contributed by atoms with Crippen LogP contribution in [0.5, 0.6) is 0 Å². The summed E-state index contributed by atoms with van der Waals surface area (Å²) in [5.74, 6) is 0. The summed E-state index contributed by atoms with van der Waals surface area (Å²) in [6.07, 6.45) is 8.92. The van der Waals surface area contributed by atoms with Gasteiger partial charge in [-0.05, 0) is 25.5 Å². The fourth-order valence-corrected chi connectivity index (χ4v) is 3.36. The molecule has 0 unspecified atom stereocenters. The molecule has 2 aliphatic rings. The number of likely N-dealkylation sites (tertiary alicyclic amines) is 1. The lowest BCUT2D eigenvalue weighted by atomic mass is 9.89. The molecular formula is C16H23NO3. The third kappa shape index (κ3) is 3.14. The molecule has 3 heterocycles. The zero-order valence-electron chi connectivity index (χ0n) is 11.9. The lowest BCUT2D eigenvalue weighted by Gasteiger charge is -2.39. The second kappa shape index (κ2) is 6.12. The Morgan fingerprint density at radius 2 is 2.50 bits per heavy atom. The van der Waals surface area contributed by atoms with Gasteiger partial charge in [0.25, 0.3) is 0 Å². The molecule has 0 aliphatic carbocycles. The van der Waals surface area contributed by atoms with Crippen LogP contribution in [-0.2, 0) is 16.0 Å². The second-order valence-electron chi connectivity index (χ2n) is 5.89. The van der Waals surface area contributed by atoms with Crippen molar-refractivity contribution in [3.63, 3.8) is 0 Å². The molecule has 1 aromatic rings. The van der Waals surface area contributed by atoms with Crippen LogP contribution in [0.4, 0.5) is 0 Å². The molecule has 2 atom stereocenters. The summed E-state index contributed by atoms with van der Waals surface area (Å²) in [5.41, 5.74) is 1.23. The largest absolute Gasteiger partial charge is 0.472 e. The minimum atomic E-state index is -0.00613. The predicted molar refractivity (Wildman–Crippen MR) is 76.5 cm³/mol. The molecule has 0 aromatic carbocycles. The predicted octanol–water partition coefficient (Wildman–Crippen LogP) is 2.61. The molecular weight excluding hydrogens is 254 g/mol. The van der Waals surface area contributed by atoms with Crippen molar-refractivity contribution in [2.45, 2.75) is 37.5 Å². The van der Waals surface area contributed by atoms with Crippen LogP contribution in [0.1, 0.15) is 24.8 Å². The zero-order valence-corrected chi connectivity index (χ0v) is 11.9. The maximum atomic E-state index is 6.12. The third-order valence-corrected chi connectivity index (χ3v) is 4.23. The Bertz CT molecular complexity index is 431. The molecule has 4 heteroatoms. The zero-order chi connectivity index (χ0) is 13.8. The molecule has 1 aromatic heterocycles. The second-order valence-corrected chi connectivity index (χ2v) is 5.89. The molecule has 4 nitrogen and oxygen atoms in total. The molecule has 0 bridgehead atoms. The van der Waals surface area contributed by atoms with E-state index >= 15 is 0 Å². The number of hydrogen-bond donors (Lipinski definition) is 0. The monoisotopic (exact) mass is 277 g/mol. The van der Waals surface area contributed by atoms with E-state index < -0.39 is 0 Å². The van der Waals surface area contributed by atoms with Gasteiger partial charge in [0, 0.05) is 25.1 Å². The average Bonchev–Trinajstić information content (AvgIpc) is 3.07. The van der Waals surface area contributed by atoms with Crippen molar-refractivity contribution < 1.29 is 13.9 Å². The van der Waals surface area contributed by atoms with Crippen molar-refractivity contribution in [3.8, 4) is 0 Å². The van der Waals surface area contributed by atoms with E-state index in [1.807, 2.05) is 12.3 Å². The van der Waals surface area contributed by atoms with Crippen molar-refractivity contribution in [1.82, 2.24) is 4.90 Å². The van der Waals surface area contributed by atoms with Crippen molar-refractivity contribution in [3.05, 3.63) is 36.8 Å². The number of furan rings is 1. The highest BCUT2D eigenvalue weighted by atomic mass is 16.6. The van der Waals surface area contributed by atoms with Crippen molar-refractivity contribution in [2.75, 3.05) is 26.3 Å². The van der Waals surface area contributed by atoms with Gasteiger partial charge in [-0.25, -0.2) is 0 Å². The van der Waals surface area contributed by atoms with Crippen LogP contribution in [0.15, 0.2) is 35.7 Å². The summed E-state index contributed by atoms with van der Waals surface area (Å²) in [4.78, 5) is 2.46. The van der Waals surface area contributed by atoms with Gasteiger partial charge in [0.2, 0.25) is 0 Å². The first kappa shape index (κ1) is 13.9. The standard InChI is InChI=1S/C16H23NO3/c1-2-7-19-15-9-16(20-12-15)5-3-6-17(13-16)10-14-4-8-18-11-14/h2,4,8,11,15H,1,3,5-7,9-10,12-13H2/t15-,16-/m0/s1. The number of rotatable bonds is 5. The summed E-state index contributed by atoms with van der Waals surface area (Å²) in [6, 6.07) is 2.03. The highest BCUT2D eigenvalue weighted by Crippen LogP contribution is 2.36. The Labute approximate surface area is 120 Å². The number of ether oxygens (including phenoxy) is 2. The first-order valence-electron chi connectivity index (χ1n) is 7.40. The smallest absolute Gasteiger partial charge is 0.0947 e. The Hall–Kier alpha value is -1.10. The van der Waals surface area contributed by atoms with E-state index in [1.165, 1.54) is 12.0 Å². The van der Waals surface area contributed by atoms with Crippen LogP contribution in [0.25, 0.3) is 0 Å². The van der Waals surface area contributed by atoms with Gasteiger partial charge in [-0.15, -0.1) is 6.58 Å². The van der Waals surface area contributed by atoms with E-state index in [0.717, 1.165) is 32.5 Å². The van der Waals surface area contributed by atoms with Crippen LogP contribution in [0.2, 0.25) is 0 Å². The van der Waals surface area contributed by atoms with Crippen molar-refractivity contribution >= 4 is 0 Å². The molecule has 0 N–H and O–H groups in total. The van der Waals surface area contributed by atoms with Crippen LogP contribution in [0, 0.1) is 0 Å². The molecule has 110 valence electrons. The summed E-state index contributed by atoms with van der Waals surface area (Å²) in [7, 11) is 0. The highest BCUT2D eigenvalue weighted by molar-refractivity contribution is 5.06. The molecule has 0 saturated carbocycles. The van der Waals surface area contributed by atoms with Gasteiger partial charge in [0.05, 0.1) is 37.4 Å². The maximum absolute atomic E-state index is 6.12. The van der Waals surface area contributed by atoms with Crippen molar-refractivity contribution in [1.29, 1.82) is 0 Å². The molecule has 1 spiro atoms. The first-order chi connectivity index (χ1) is 9.80. The Morgan fingerprint density at radius 1 is 1.55 bits per heavy atom. The minimum absolute atomic E-state index is 0.00613. The quantitative estimate of drug-likeness (QED) is 0.775. The fraction of sp³-hybridized carbons (Fsp3) is 0.625. The maximum Gasteiger partial charge on any atom is 0.0947 e. The van der Waals surface area contributed by atoms with Gasteiger partial charge in [-0.3, -0.25) is 4.90 Å². The van der Waals surface area contributed by atoms with E-state index in [1.54, 1.807) is 12.3 Å². The van der Waals surface area contributed by atoms with E-state index in [0.29, 0.717) is 13.2 Å². The lowest BCUT2D eigenvalue weighted by Crippen LogP contribution is -2.47. The van der Waals surface area contributed by atoms with Gasteiger partial charge >= 0.3 is 0 Å². The van der Waals surface area contributed by atoms with Gasteiger partial charge in [-0.1, -0.05) is 6.08 Å². The van der Waals surface area contributed by atoms with E-state index in [-0.39, 0.29) is 11.7 Å². The van der Waals surface area contributed by atoms with Gasteiger partial charge in [-0.2, -0.15) is 0 Å². The van der Waals surface area contributed by atoms with Gasteiger partial charge in [0.1, 0.15) is 0 Å². The lowest BCUT2D eigenvalue weighted by molar-refractivity contribution is -0.0544. The van der Waals surface area contributed by atoms with Gasteiger partial charge in [0.15, 0.2) is 0 Å². The summed E-state index contributed by atoms with van der Waals surface area (Å²) < 4.78 is 17.0. The molecule has 0 radical (unpaired) electrons. The molecule has 2 fully saturated rings.